The predicted octanol–water partition coefficient (Wildman–Crippen LogP) is 3.54. The van der Waals surface area contributed by atoms with Gasteiger partial charge in [-0.05, 0) is 55.2 Å². The van der Waals surface area contributed by atoms with E-state index in [0.29, 0.717) is 5.92 Å². The Morgan fingerprint density at radius 3 is 2.76 bits per heavy atom. The topological polar surface area (TPSA) is 49.3 Å². The third kappa shape index (κ3) is 3.85. The maximum atomic E-state index is 11.3. The van der Waals surface area contributed by atoms with E-state index in [4.69, 9.17) is 0 Å². The summed E-state index contributed by atoms with van der Waals surface area (Å²) in [6, 6.07) is 8.84. The molecular formula is C18H25NO2. The van der Waals surface area contributed by atoms with Crippen LogP contribution in [-0.4, -0.2) is 17.6 Å². The molecule has 3 rings (SSSR count). The maximum absolute atomic E-state index is 11.3. The molecule has 3 nitrogen and oxygen atoms in total. The third-order valence-corrected chi connectivity index (χ3v) is 4.96. The fraction of sp³-hybridized carbons (Fsp3) is 0.611. The van der Waals surface area contributed by atoms with Crippen LogP contribution in [-0.2, 0) is 11.3 Å². The summed E-state index contributed by atoms with van der Waals surface area (Å²) in [6.07, 6.45) is 6.80. The molecule has 1 aromatic carbocycles. The summed E-state index contributed by atoms with van der Waals surface area (Å²) in [5, 5.41) is 12.8. The van der Waals surface area contributed by atoms with Crippen molar-refractivity contribution in [2.75, 3.05) is 6.54 Å². The van der Waals surface area contributed by atoms with Gasteiger partial charge in [0.1, 0.15) is 0 Å². The molecule has 0 saturated heterocycles. The van der Waals surface area contributed by atoms with Crippen molar-refractivity contribution in [3.05, 3.63) is 35.4 Å². The van der Waals surface area contributed by atoms with E-state index in [-0.39, 0.29) is 5.92 Å². The molecule has 0 aliphatic heterocycles. The van der Waals surface area contributed by atoms with Crippen LogP contribution in [0.2, 0.25) is 0 Å². The average Bonchev–Trinajstić information content (AvgIpc) is 3.33. The van der Waals surface area contributed by atoms with Gasteiger partial charge in [-0.25, -0.2) is 0 Å². The van der Waals surface area contributed by atoms with Crippen molar-refractivity contribution in [2.45, 2.75) is 51.0 Å². The van der Waals surface area contributed by atoms with Crippen LogP contribution in [0, 0.1) is 11.8 Å². The minimum absolute atomic E-state index is 0.149. The van der Waals surface area contributed by atoms with Crippen molar-refractivity contribution in [3.8, 4) is 0 Å². The number of hydrogen-bond donors (Lipinski definition) is 2. The van der Waals surface area contributed by atoms with Crippen LogP contribution in [0.25, 0.3) is 0 Å². The molecule has 0 bridgehead atoms. The normalized spacial score (nSPS) is 25.7. The minimum atomic E-state index is -0.614. The zero-order valence-electron chi connectivity index (χ0n) is 12.6. The molecule has 2 N–H and O–H groups in total. The van der Waals surface area contributed by atoms with E-state index in [9.17, 15) is 9.90 Å². The Bertz CT molecular complexity index is 496. The molecule has 2 atom stereocenters. The number of carboxylic acids is 1. The Morgan fingerprint density at radius 2 is 2.00 bits per heavy atom. The second-order valence-electron chi connectivity index (χ2n) is 6.64. The molecule has 2 saturated carbocycles. The van der Waals surface area contributed by atoms with Gasteiger partial charge in [-0.15, -0.1) is 0 Å². The second kappa shape index (κ2) is 6.61. The van der Waals surface area contributed by atoms with Crippen LogP contribution in [0.1, 0.15) is 55.6 Å². The summed E-state index contributed by atoms with van der Waals surface area (Å²) in [5.41, 5.74) is 2.79. The van der Waals surface area contributed by atoms with Crippen molar-refractivity contribution in [3.63, 3.8) is 0 Å². The molecule has 0 heterocycles. The molecule has 0 radical (unpaired) electrons. The van der Waals surface area contributed by atoms with Gasteiger partial charge in [0.2, 0.25) is 0 Å². The van der Waals surface area contributed by atoms with E-state index < -0.39 is 5.97 Å². The van der Waals surface area contributed by atoms with Gasteiger partial charge >= 0.3 is 5.97 Å². The molecule has 3 heteroatoms. The van der Waals surface area contributed by atoms with Gasteiger partial charge in [0.05, 0.1) is 5.92 Å². The maximum Gasteiger partial charge on any atom is 0.306 e. The minimum Gasteiger partial charge on any atom is -0.481 e. The number of rotatable bonds is 6. The molecule has 2 aliphatic rings. The number of carbonyl (C=O) groups is 1. The Hall–Kier alpha value is -1.35. The molecule has 1 aromatic rings. The molecular weight excluding hydrogens is 262 g/mol. The van der Waals surface area contributed by atoms with E-state index in [1.165, 1.54) is 30.4 Å². The Kier molecular flexibility index (Phi) is 4.59. The highest BCUT2D eigenvalue weighted by atomic mass is 16.4. The van der Waals surface area contributed by atoms with Crippen LogP contribution >= 0.6 is 0 Å². The lowest BCUT2D eigenvalue weighted by Crippen LogP contribution is -2.34. The van der Waals surface area contributed by atoms with Crippen LogP contribution in [0.15, 0.2) is 24.3 Å². The van der Waals surface area contributed by atoms with Gasteiger partial charge in [-0.3, -0.25) is 4.79 Å². The van der Waals surface area contributed by atoms with Crippen LogP contribution in [0.3, 0.4) is 0 Å². The first-order chi connectivity index (χ1) is 10.2. The summed E-state index contributed by atoms with van der Waals surface area (Å²) in [5.74, 6) is 0.323. The van der Waals surface area contributed by atoms with Crippen molar-refractivity contribution >= 4 is 5.97 Å². The van der Waals surface area contributed by atoms with Crippen LogP contribution in [0.4, 0.5) is 0 Å². The SMILES string of the molecule is O=C(O)C1CCCCC1CNCc1cccc(C2CC2)c1. The summed E-state index contributed by atoms with van der Waals surface area (Å²) in [4.78, 5) is 11.3. The Balaban J connectivity index is 1.50. The van der Waals surface area contributed by atoms with E-state index >= 15 is 0 Å². The summed E-state index contributed by atoms with van der Waals surface area (Å²) in [7, 11) is 0. The molecule has 2 fully saturated rings. The zero-order valence-corrected chi connectivity index (χ0v) is 12.6. The molecule has 21 heavy (non-hydrogen) atoms. The van der Waals surface area contributed by atoms with Gasteiger partial charge < -0.3 is 10.4 Å². The smallest absolute Gasteiger partial charge is 0.306 e. The predicted molar refractivity (Wildman–Crippen MR) is 83.2 cm³/mol. The van der Waals surface area contributed by atoms with Crippen LogP contribution < -0.4 is 5.32 Å². The van der Waals surface area contributed by atoms with Gasteiger partial charge in [-0.2, -0.15) is 0 Å². The largest absolute Gasteiger partial charge is 0.481 e. The third-order valence-electron chi connectivity index (χ3n) is 4.96. The molecule has 2 aliphatic carbocycles. The summed E-state index contributed by atoms with van der Waals surface area (Å²) < 4.78 is 0. The first-order valence-electron chi connectivity index (χ1n) is 8.26. The Labute approximate surface area is 126 Å². The number of aliphatic carboxylic acids is 1. The van der Waals surface area contributed by atoms with Crippen molar-refractivity contribution in [1.29, 1.82) is 0 Å². The van der Waals surface area contributed by atoms with Crippen molar-refractivity contribution in [2.24, 2.45) is 11.8 Å². The second-order valence-corrected chi connectivity index (χ2v) is 6.64. The van der Waals surface area contributed by atoms with Gasteiger partial charge in [0, 0.05) is 6.54 Å². The number of carboxylic acid groups (broad SMARTS) is 1. The quantitative estimate of drug-likeness (QED) is 0.841. The van der Waals surface area contributed by atoms with Crippen molar-refractivity contribution in [1.82, 2.24) is 5.32 Å². The lowest BCUT2D eigenvalue weighted by atomic mass is 9.79. The van der Waals surface area contributed by atoms with E-state index in [2.05, 4.69) is 29.6 Å². The molecule has 114 valence electrons. The number of nitrogens with one attached hydrogen (secondary N) is 1. The highest BCUT2D eigenvalue weighted by Gasteiger charge is 2.30. The van der Waals surface area contributed by atoms with Crippen molar-refractivity contribution < 1.29 is 9.90 Å². The van der Waals surface area contributed by atoms with Crippen LogP contribution in [0.5, 0.6) is 0 Å². The summed E-state index contributed by atoms with van der Waals surface area (Å²) >= 11 is 0. The first-order valence-corrected chi connectivity index (χ1v) is 8.26. The lowest BCUT2D eigenvalue weighted by molar-refractivity contribution is -0.144. The van der Waals surface area contributed by atoms with E-state index in [1.54, 1.807) is 0 Å². The highest BCUT2D eigenvalue weighted by Crippen LogP contribution is 2.40. The van der Waals surface area contributed by atoms with E-state index in [1.807, 2.05) is 0 Å². The van der Waals surface area contributed by atoms with Gasteiger partial charge in [0.25, 0.3) is 0 Å². The van der Waals surface area contributed by atoms with Gasteiger partial charge in [-0.1, -0.05) is 37.1 Å². The monoisotopic (exact) mass is 287 g/mol. The standard InChI is InChI=1S/C18H25NO2/c20-18(21)17-7-2-1-5-16(17)12-19-11-13-4-3-6-15(10-13)14-8-9-14/h3-4,6,10,14,16-17,19H,1-2,5,7-9,11-12H2,(H,20,21). The fourth-order valence-corrected chi connectivity index (χ4v) is 3.55. The molecule has 0 amide bonds. The lowest BCUT2D eigenvalue weighted by Gasteiger charge is -2.28. The first kappa shape index (κ1) is 14.6. The zero-order chi connectivity index (χ0) is 14.7. The Morgan fingerprint density at radius 1 is 1.19 bits per heavy atom. The number of benzene rings is 1. The average molecular weight is 287 g/mol. The van der Waals surface area contributed by atoms with E-state index in [0.717, 1.165) is 38.3 Å². The molecule has 0 spiro atoms. The van der Waals surface area contributed by atoms with Gasteiger partial charge in [0.15, 0.2) is 0 Å². The summed E-state index contributed by atoms with van der Waals surface area (Å²) in [6.45, 7) is 1.67. The highest BCUT2D eigenvalue weighted by molar-refractivity contribution is 5.70. The fourth-order valence-electron chi connectivity index (χ4n) is 3.55. The number of hydrogen-bond acceptors (Lipinski definition) is 2. The molecule has 2 unspecified atom stereocenters. The molecule has 0 aromatic heterocycles.